The normalized spacial score (nSPS) is 16.9. The number of benzene rings is 2. The molecule has 1 saturated carbocycles. The van der Waals surface area contributed by atoms with Crippen LogP contribution in [0.25, 0.3) is 11.1 Å². The molecule has 186 valence electrons. The lowest BCUT2D eigenvalue weighted by Crippen LogP contribution is -2.65. The van der Waals surface area contributed by atoms with E-state index in [1.165, 1.54) is 7.11 Å². The van der Waals surface area contributed by atoms with Gasteiger partial charge in [-0.25, -0.2) is 9.59 Å². The fraction of sp³-hybridized carbons (Fsp3) is 0.444. The molecule has 0 aliphatic heterocycles. The van der Waals surface area contributed by atoms with E-state index in [-0.39, 0.29) is 18.9 Å². The molecule has 0 aromatic heterocycles. The summed E-state index contributed by atoms with van der Waals surface area (Å²) in [6.45, 7) is 3.64. The van der Waals surface area contributed by atoms with Crippen molar-refractivity contribution in [3.63, 3.8) is 0 Å². The molecule has 2 aromatic rings. The highest BCUT2D eigenvalue weighted by molar-refractivity contribution is 5.93. The van der Waals surface area contributed by atoms with Crippen molar-refractivity contribution >= 4 is 18.0 Å². The molecule has 2 aromatic carbocycles. The van der Waals surface area contributed by atoms with Crippen LogP contribution in [0.3, 0.4) is 0 Å². The van der Waals surface area contributed by atoms with Crippen LogP contribution >= 0.6 is 0 Å². The first kappa shape index (κ1) is 24.7. The van der Waals surface area contributed by atoms with Gasteiger partial charge in [-0.1, -0.05) is 48.5 Å². The Morgan fingerprint density at radius 1 is 1.06 bits per heavy atom. The van der Waals surface area contributed by atoms with Crippen molar-refractivity contribution in [3.05, 3.63) is 59.7 Å². The second-order valence-corrected chi connectivity index (χ2v) is 9.92. The highest BCUT2D eigenvalue weighted by Gasteiger charge is 2.47. The van der Waals surface area contributed by atoms with Crippen LogP contribution in [0.15, 0.2) is 48.5 Å². The number of carbonyl (C=O) groups is 3. The minimum atomic E-state index is -1.17. The molecule has 0 saturated heterocycles. The van der Waals surface area contributed by atoms with Crippen LogP contribution in [0.5, 0.6) is 0 Å². The van der Waals surface area contributed by atoms with E-state index < -0.39 is 35.2 Å². The summed E-state index contributed by atoms with van der Waals surface area (Å²) in [4.78, 5) is 37.6. The topological polar surface area (TPSA) is 114 Å². The van der Waals surface area contributed by atoms with Gasteiger partial charge in [-0.05, 0) is 55.4 Å². The third-order valence-corrected chi connectivity index (χ3v) is 7.18. The lowest BCUT2D eigenvalue weighted by molar-refractivity contribution is -0.146. The van der Waals surface area contributed by atoms with Crippen LogP contribution in [-0.2, 0) is 19.1 Å². The molecule has 35 heavy (non-hydrogen) atoms. The number of amides is 2. The first-order chi connectivity index (χ1) is 16.7. The molecule has 8 heteroatoms. The Hall–Kier alpha value is -3.39. The molecule has 0 bridgehead atoms. The maximum Gasteiger partial charge on any atom is 0.408 e. The average Bonchev–Trinajstić information content (AvgIpc) is 3.13. The number of hydrogen-bond acceptors (Lipinski definition) is 5. The highest BCUT2D eigenvalue weighted by atomic mass is 16.5. The first-order valence-electron chi connectivity index (χ1n) is 11.9. The Bertz CT molecular complexity index is 1080. The zero-order chi connectivity index (χ0) is 25.2. The van der Waals surface area contributed by atoms with Gasteiger partial charge in [0.25, 0.3) is 0 Å². The van der Waals surface area contributed by atoms with Crippen LogP contribution in [-0.4, -0.2) is 54.0 Å². The van der Waals surface area contributed by atoms with E-state index in [0.717, 1.165) is 28.7 Å². The number of nitrogens with one attached hydrogen (secondary N) is 2. The molecule has 1 atom stereocenters. The van der Waals surface area contributed by atoms with Crippen molar-refractivity contribution in [3.8, 4) is 11.1 Å². The second-order valence-electron chi connectivity index (χ2n) is 9.92. The fourth-order valence-corrected chi connectivity index (χ4v) is 4.84. The molecule has 0 spiro atoms. The average molecular weight is 481 g/mol. The number of rotatable bonds is 9. The van der Waals surface area contributed by atoms with E-state index >= 15 is 0 Å². The van der Waals surface area contributed by atoms with Crippen molar-refractivity contribution in [1.29, 1.82) is 0 Å². The quantitative estimate of drug-likeness (QED) is 0.503. The highest BCUT2D eigenvalue weighted by Crippen LogP contribution is 2.44. The fourth-order valence-electron chi connectivity index (χ4n) is 4.84. The van der Waals surface area contributed by atoms with Crippen LogP contribution < -0.4 is 10.6 Å². The summed E-state index contributed by atoms with van der Waals surface area (Å²) >= 11 is 0. The molecule has 8 nitrogen and oxygen atoms in total. The largest absolute Gasteiger partial charge is 0.480 e. The minimum Gasteiger partial charge on any atom is -0.480 e. The molecular weight excluding hydrogens is 448 g/mol. The molecule has 0 radical (unpaired) electrons. The number of ether oxygens (including phenoxy) is 2. The van der Waals surface area contributed by atoms with Gasteiger partial charge in [-0.15, -0.1) is 0 Å². The number of carboxylic acid groups (broad SMARTS) is 1. The minimum absolute atomic E-state index is 0.0889. The number of fused-ring (bicyclic) bond motifs is 3. The molecule has 3 N–H and O–H groups in total. The van der Waals surface area contributed by atoms with Crippen molar-refractivity contribution in [2.75, 3.05) is 13.7 Å². The zero-order valence-corrected chi connectivity index (χ0v) is 20.3. The van der Waals surface area contributed by atoms with Crippen molar-refractivity contribution in [1.82, 2.24) is 10.6 Å². The van der Waals surface area contributed by atoms with Crippen LogP contribution in [0, 0.1) is 0 Å². The Morgan fingerprint density at radius 3 is 2.11 bits per heavy atom. The summed E-state index contributed by atoms with van der Waals surface area (Å²) in [7, 11) is 1.49. The molecule has 4 rings (SSSR count). The van der Waals surface area contributed by atoms with E-state index in [4.69, 9.17) is 9.47 Å². The van der Waals surface area contributed by atoms with E-state index in [2.05, 4.69) is 22.8 Å². The number of methoxy groups -OCH3 is 1. The van der Waals surface area contributed by atoms with Gasteiger partial charge in [0, 0.05) is 19.4 Å². The third kappa shape index (κ3) is 5.03. The molecule has 1 unspecified atom stereocenters. The number of hydrogen-bond donors (Lipinski definition) is 3. The van der Waals surface area contributed by atoms with Gasteiger partial charge in [0.15, 0.2) is 0 Å². The van der Waals surface area contributed by atoms with Crippen molar-refractivity contribution in [2.24, 2.45) is 0 Å². The van der Waals surface area contributed by atoms with Gasteiger partial charge in [-0.3, -0.25) is 4.79 Å². The number of alkyl carbamates (subject to hydrolysis) is 1. The van der Waals surface area contributed by atoms with Gasteiger partial charge in [-0.2, -0.15) is 0 Å². The number of carbonyl (C=O) groups excluding carboxylic acids is 2. The Kier molecular flexibility index (Phi) is 6.85. The first-order valence-corrected chi connectivity index (χ1v) is 11.9. The van der Waals surface area contributed by atoms with E-state index in [1.807, 2.05) is 36.4 Å². The standard InChI is InChI=1S/C27H32N2O6/c1-26(2,34-3)15-22(23(30)31)28-24(32)27(13-8-14-27)29-25(33)35-16-21-19-11-6-4-9-17(19)18-10-5-7-12-20(18)21/h4-7,9-12,21-22H,8,13-16H2,1-3H3,(H,28,32)(H,29,33)(H,30,31). The Labute approximate surface area is 205 Å². The maximum atomic E-state index is 13.1. The molecular formula is C27H32N2O6. The summed E-state index contributed by atoms with van der Waals surface area (Å²) < 4.78 is 10.9. The summed E-state index contributed by atoms with van der Waals surface area (Å²) in [5.74, 6) is -1.76. The predicted molar refractivity (Wildman–Crippen MR) is 130 cm³/mol. The Balaban J connectivity index is 1.41. The third-order valence-electron chi connectivity index (χ3n) is 7.18. The van der Waals surface area contributed by atoms with E-state index in [9.17, 15) is 19.5 Å². The maximum absolute atomic E-state index is 13.1. The molecule has 0 heterocycles. The summed E-state index contributed by atoms with van der Waals surface area (Å²) in [6, 6.07) is 15.0. The van der Waals surface area contributed by atoms with Gasteiger partial charge < -0.3 is 25.2 Å². The van der Waals surface area contributed by atoms with Gasteiger partial charge >= 0.3 is 12.1 Å². The SMILES string of the molecule is COC(C)(C)CC(NC(=O)C1(NC(=O)OCC2c3ccccc3-c3ccccc32)CCC1)C(=O)O. The summed E-state index contributed by atoms with van der Waals surface area (Å²) in [5, 5.41) is 14.9. The van der Waals surface area contributed by atoms with Crippen molar-refractivity contribution in [2.45, 2.75) is 62.6 Å². The Morgan fingerprint density at radius 2 is 1.63 bits per heavy atom. The summed E-state index contributed by atoms with van der Waals surface area (Å²) in [5.41, 5.74) is 2.55. The lowest BCUT2D eigenvalue weighted by Gasteiger charge is -2.41. The zero-order valence-electron chi connectivity index (χ0n) is 20.3. The van der Waals surface area contributed by atoms with Crippen LogP contribution in [0.4, 0.5) is 4.79 Å². The van der Waals surface area contributed by atoms with Gasteiger partial charge in [0.2, 0.25) is 5.91 Å². The lowest BCUT2D eigenvalue weighted by atomic mass is 9.75. The predicted octanol–water partition coefficient (Wildman–Crippen LogP) is 3.83. The van der Waals surface area contributed by atoms with E-state index in [1.54, 1.807) is 13.8 Å². The van der Waals surface area contributed by atoms with Gasteiger partial charge in [0.05, 0.1) is 5.60 Å². The molecule has 2 aliphatic carbocycles. The second kappa shape index (κ2) is 9.70. The monoisotopic (exact) mass is 480 g/mol. The van der Waals surface area contributed by atoms with Gasteiger partial charge in [0.1, 0.15) is 18.2 Å². The number of carboxylic acids is 1. The van der Waals surface area contributed by atoms with Crippen LogP contribution in [0.1, 0.15) is 56.6 Å². The number of aliphatic carboxylic acids is 1. The summed E-state index contributed by atoms with van der Waals surface area (Å²) in [6.07, 6.45) is 0.988. The smallest absolute Gasteiger partial charge is 0.408 e. The van der Waals surface area contributed by atoms with Crippen LogP contribution in [0.2, 0.25) is 0 Å². The molecule has 2 aliphatic rings. The molecule has 2 amide bonds. The van der Waals surface area contributed by atoms with Crippen molar-refractivity contribution < 1.29 is 29.0 Å². The molecule has 1 fully saturated rings. The van der Waals surface area contributed by atoms with E-state index in [0.29, 0.717) is 12.8 Å².